The molecule has 1 aliphatic rings. The molecule has 3 aromatic carbocycles. The van der Waals surface area contributed by atoms with E-state index in [-0.39, 0.29) is 17.9 Å². The fraction of sp³-hybridized carbons (Fsp3) is 0.324. The number of piperidine rings is 1. The highest BCUT2D eigenvalue weighted by Crippen LogP contribution is 2.35. The van der Waals surface area contributed by atoms with Crippen LogP contribution in [0.2, 0.25) is 10.0 Å². The molecule has 242 valence electrons. The number of aromatic nitrogens is 1. The predicted molar refractivity (Wildman–Crippen MR) is 188 cm³/mol. The van der Waals surface area contributed by atoms with Gasteiger partial charge in [0.05, 0.1) is 28.5 Å². The number of likely N-dealkylation sites (tertiary alicyclic amines) is 1. The molecule has 2 amide bonds. The van der Waals surface area contributed by atoms with E-state index >= 15 is 0 Å². The van der Waals surface area contributed by atoms with Gasteiger partial charge >= 0.3 is 0 Å². The second kappa shape index (κ2) is 16.2. The molecule has 1 aliphatic heterocycles. The number of hydrogen-bond acceptors (Lipinski definition) is 8. The van der Waals surface area contributed by atoms with Crippen molar-refractivity contribution in [1.82, 2.24) is 14.2 Å². The van der Waals surface area contributed by atoms with Crippen LogP contribution in [0, 0.1) is 0 Å². The quantitative estimate of drug-likeness (QED) is 0.148. The number of nitrogens with two attached hydrogens (primary N) is 1. The third-order valence-corrected chi connectivity index (χ3v) is 10.7. The van der Waals surface area contributed by atoms with Crippen LogP contribution in [0.4, 0.5) is 5.69 Å². The highest BCUT2D eigenvalue weighted by Gasteiger charge is 2.28. The summed E-state index contributed by atoms with van der Waals surface area (Å²) in [5.41, 5.74) is 10.6. The maximum Gasteiger partial charge on any atom is 0.243 e. The third-order valence-electron chi connectivity index (χ3n) is 7.84. The van der Waals surface area contributed by atoms with Gasteiger partial charge in [-0.05, 0) is 55.2 Å². The number of carbonyl (C=O) groups is 2. The summed E-state index contributed by atoms with van der Waals surface area (Å²) >= 11 is 15.1. The molecule has 1 fully saturated rings. The van der Waals surface area contributed by atoms with Crippen molar-refractivity contribution < 1.29 is 14.3 Å². The van der Waals surface area contributed by atoms with E-state index in [0.717, 1.165) is 59.2 Å². The molecule has 46 heavy (non-hydrogen) atoms. The van der Waals surface area contributed by atoms with E-state index in [2.05, 4.69) is 10.2 Å². The molecule has 3 N–H and O–H groups in total. The monoisotopic (exact) mass is 697 g/mol. The van der Waals surface area contributed by atoms with Crippen LogP contribution in [0.3, 0.4) is 0 Å². The zero-order valence-corrected chi connectivity index (χ0v) is 28.8. The molecule has 0 unspecified atom stereocenters. The summed E-state index contributed by atoms with van der Waals surface area (Å²) < 4.78 is 8.48. The van der Waals surface area contributed by atoms with Crippen molar-refractivity contribution in [3.8, 4) is 11.3 Å². The first-order valence-corrected chi connectivity index (χ1v) is 17.5. The lowest BCUT2D eigenvalue weighted by Gasteiger charge is -2.37. The Morgan fingerprint density at radius 2 is 1.83 bits per heavy atom. The molecule has 1 aromatic heterocycles. The zero-order chi connectivity index (χ0) is 32.6. The van der Waals surface area contributed by atoms with E-state index < -0.39 is 12.1 Å². The van der Waals surface area contributed by atoms with E-state index in [9.17, 15) is 9.59 Å². The largest absolute Gasteiger partial charge is 0.372 e. The van der Waals surface area contributed by atoms with Crippen molar-refractivity contribution in [3.63, 3.8) is 0 Å². The molecule has 0 bridgehead atoms. The molecule has 4 aromatic rings. The van der Waals surface area contributed by atoms with Gasteiger partial charge in [-0.25, -0.2) is 4.98 Å². The van der Waals surface area contributed by atoms with Gasteiger partial charge in [0.25, 0.3) is 0 Å². The Labute approximate surface area is 288 Å². The Hall–Kier alpha value is -2.96. The first kappa shape index (κ1) is 34.4. The second-order valence-corrected chi connectivity index (χ2v) is 14.2. The molecule has 2 atom stereocenters. The molecule has 0 radical (unpaired) electrons. The maximum atomic E-state index is 12.9. The second-order valence-electron chi connectivity index (χ2n) is 11.3. The number of thiazole rings is 1. The van der Waals surface area contributed by atoms with Gasteiger partial charge in [-0.15, -0.1) is 11.3 Å². The van der Waals surface area contributed by atoms with Gasteiger partial charge < -0.3 is 15.8 Å². The highest BCUT2D eigenvalue weighted by atomic mass is 35.5. The number of ether oxygens (including phenoxy) is 1. The van der Waals surface area contributed by atoms with Gasteiger partial charge in [0.15, 0.2) is 4.34 Å². The van der Waals surface area contributed by atoms with Crippen molar-refractivity contribution in [1.29, 1.82) is 0 Å². The van der Waals surface area contributed by atoms with Crippen LogP contribution in [-0.4, -0.2) is 57.3 Å². The van der Waals surface area contributed by atoms with E-state index in [0.29, 0.717) is 22.3 Å². The van der Waals surface area contributed by atoms with Gasteiger partial charge in [0.1, 0.15) is 6.04 Å². The molecule has 0 aliphatic carbocycles. The topological polar surface area (TPSA) is 101 Å². The lowest BCUT2D eigenvalue weighted by atomic mass is 10.0. The highest BCUT2D eigenvalue weighted by molar-refractivity contribution is 7.99. The minimum Gasteiger partial charge on any atom is -0.372 e. The Morgan fingerprint density at radius 1 is 1.07 bits per heavy atom. The fourth-order valence-corrected chi connectivity index (χ4v) is 7.45. The van der Waals surface area contributed by atoms with Gasteiger partial charge in [-0.2, -0.15) is 0 Å². The van der Waals surface area contributed by atoms with E-state index in [1.807, 2.05) is 82.5 Å². The van der Waals surface area contributed by atoms with E-state index in [4.69, 9.17) is 38.7 Å². The summed E-state index contributed by atoms with van der Waals surface area (Å²) in [7, 11) is 0. The van der Waals surface area contributed by atoms with Crippen LogP contribution < -0.4 is 11.1 Å². The van der Waals surface area contributed by atoms with E-state index in [1.165, 1.54) is 23.3 Å². The molecule has 1 saturated heterocycles. The number of nitrogens with one attached hydrogen (secondary N) is 1. The van der Waals surface area contributed by atoms with E-state index in [1.54, 1.807) is 13.8 Å². The maximum absolute atomic E-state index is 12.9. The molecule has 12 heteroatoms. The fourth-order valence-electron chi connectivity index (χ4n) is 5.22. The van der Waals surface area contributed by atoms with Crippen LogP contribution in [-0.2, 0) is 27.5 Å². The Balaban J connectivity index is 1.15. The van der Waals surface area contributed by atoms with Crippen molar-refractivity contribution >= 4 is 64.0 Å². The minimum atomic E-state index is -0.838. The summed E-state index contributed by atoms with van der Waals surface area (Å²) in [5.74, 6) is -0.319. The van der Waals surface area contributed by atoms with Crippen LogP contribution in [0.25, 0.3) is 11.3 Å². The van der Waals surface area contributed by atoms with Crippen molar-refractivity contribution in [3.05, 3.63) is 99.3 Å². The third kappa shape index (κ3) is 9.32. The summed E-state index contributed by atoms with van der Waals surface area (Å²) in [4.78, 5) is 32.8. The first-order valence-electron chi connectivity index (χ1n) is 15.1. The average Bonchev–Trinajstić information content (AvgIpc) is 3.54. The Kier molecular flexibility index (Phi) is 12.1. The summed E-state index contributed by atoms with van der Waals surface area (Å²) in [6.45, 7) is 6.32. The number of nitrogens with zero attached hydrogens (tertiary/aromatic N) is 3. The number of halogens is 2. The molecular formula is C34H37Cl2N5O3S2. The smallest absolute Gasteiger partial charge is 0.243 e. The van der Waals surface area contributed by atoms with Gasteiger partial charge in [0.2, 0.25) is 11.8 Å². The van der Waals surface area contributed by atoms with Crippen LogP contribution >= 0.6 is 46.5 Å². The van der Waals surface area contributed by atoms with Crippen LogP contribution in [0.15, 0.2) is 82.5 Å². The number of anilines is 1. The standard InChI is InChI=1S/C34H37Cl2N5O3S2/c1-22(44-20-24-7-4-3-5-8-24)32(37)33(43)38-27-10-6-9-26(18-27)31-21-45-34(39-31)46-41(23(2)42)28-13-15-40(16-14-28)19-25-11-12-29(35)30(36)17-25/h3-12,17-18,21-22,28,32H,13-16,19-20,37H2,1-2H3,(H,38,43)/t22-,32+/m1/s1. The zero-order valence-electron chi connectivity index (χ0n) is 25.7. The number of carbonyl (C=O) groups excluding carboxylic acids is 2. The summed E-state index contributed by atoms with van der Waals surface area (Å²) in [5, 5.41) is 5.99. The molecule has 0 saturated carbocycles. The number of hydrogen-bond donors (Lipinski definition) is 2. The Morgan fingerprint density at radius 3 is 2.54 bits per heavy atom. The van der Waals surface area contributed by atoms with Crippen molar-refractivity contribution in [2.45, 2.75) is 62.4 Å². The normalized spacial score (nSPS) is 15.3. The van der Waals surface area contributed by atoms with Crippen LogP contribution in [0.1, 0.15) is 37.8 Å². The predicted octanol–water partition coefficient (Wildman–Crippen LogP) is 7.51. The molecule has 0 spiro atoms. The van der Waals surface area contributed by atoms with Gasteiger partial charge in [0, 0.05) is 61.2 Å². The van der Waals surface area contributed by atoms with Crippen molar-refractivity contribution in [2.24, 2.45) is 5.73 Å². The molecule has 5 rings (SSSR count). The Bertz CT molecular complexity index is 1630. The molecule has 8 nitrogen and oxygen atoms in total. The lowest BCUT2D eigenvalue weighted by molar-refractivity contribution is -0.126. The van der Waals surface area contributed by atoms with Crippen molar-refractivity contribution in [2.75, 3.05) is 18.4 Å². The minimum absolute atomic E-state index is 0.00714. The average molecular weight is 699 g/mol. The molecule has 2 heterocycles. The summed E-state index contributed by atoms with van der Waals surface area (Å²) in [6, 6.07) is 22.3. The first-order chi connectivity index (χ1) is 22.2. The molecular weight excluding hydrogens is 661 g/mol. The lowest BCUT2D eigenvalue weighted by Crippen LogP contribution is -2.45. The number of benzene rings is 3. The number of amides is 2. The number of rotatable bonds is 12. The van der Waals surface area contributed by atoms with Gasteiger partial charge in [-0.3, -0.25) is 18.8 Å². The van der Waals surface area contributed by atoms with Gasteiger partial charge in [-0.1, -0.05) is 71.7 Å². The SMILES string of the molecule is CC(=O)N(Sc1nc(-c2cccc(NC(=O)[C@@H](N)[C@@H](C)OCc3ccccc3)c2)cs1)C1CCN(Cc2ccc(Cl)c(Cl)c2)CC1. The van der Waals surface area contributed by atoms with Crippen LogP contribution in [0.5, 0.6) is 0 Å². The summed E-state index contributed by atoms with van der Waals surface area (Å²) in [6.07, 6.45) is 1.26.